The fraction of sp³-hybridized carbons (Fsp3) is 0.172. The minimum Gasteiger partial charge on any atom is -0.447 e. The Morgan fingerprint density at radius 1 is 0.806 bits per heavy atom. The minimum absolute atomic E-state index is 0.246. The van der Waals surface area contributed by atoms with Crippen LogP contribution in [-0.2, 0) is 9.53 Å². The van der Waals surface area contributed by atoms with E-state index < -0.39 is 41.6 Å². The van der Waals surface area contributed by atoms with Crippen molar-refractivity contribution in [1.82, 2.24) is 9.88 Å². The van der Waals surface area contributed by atoms with Crippen molar-refractivity contribution in [3.8, 4) is 0 Å². The van der Waals surface area contributed by atoms with Gasteiger partial charge < -0.3 is 9.72 Å². The Hall–Kier alpha value is -4.52. The minimum atomic E-state index is -1.26. The zero-order valence-electron chi connectivity index (χ0n) is 19.8. The monoisotopic (exact) mass is 480 g/mol. The summed E-state index contributed by atoms with van der Waals surface area (Å²) in [5.74, 6) is -2.77. The van der Waals surface area contributed by atoms with Crippen LogP contribution in [0.5, 0.6) is 0 Å². The zero-order valence-corrected chi connectivity index (χ0v) is 19.8. The third-order valence-corrected chi connectivity index (χ3v) is 6.41. The molecule has 0 saturated heterocycles. The van der Waals surface area contributed by atoms with E-state index in [0.29, 0.717) is 16.5 Å². The van der Waals surface area contributed by atoms with Gasteiger partial charge >= 0.3 is 5.97 Å². The normalized spacial score (nSPS) is 14.7. The number of nitrogens with zero attached hydrogens (tertiary/aromatic N) is 1. The highest BCUT2D eigenvalue weighted by Gasteiger charge is 2.45. The molecule has 4 aromatic rings. The number of Topliss-reactive ketones (excluding diaryl/α,β-unsaturated/α-hetero) is 1. The number of carbonyl (C=O) groups is 4. The van der Waals surface area contributed by atoms with Gasteiger partial charge in [0.15, 0.2) is 6.10 Å². The van der Waals surface area contributed by atoms with Crippen LogP contribution in [0.4, 0.5) is 0 Å². The van der Waals surface area contributed by atoms with Crippen LogP contribution in [0.25, 0.3) is 10.9 Å². The van der Waals surface area contributed by atoms with Crippen LogP contribution in [0.2, 0.25) is 0 Å². The molecule has 0 aliphatic carbocycles. The summed E-state index contributed by atoms with van der Waals surface area (Å²) in [6.07, 6.45) is 0.343. The van der Waals surface area contributed by atoms with Crippen molar-refractivity contribution in [2.24, 2.45) is 5.92 Å². The highest BCUT2D eigenvalue weighted by atomic mass is 16.5. The van der Waals surface area contributed by atoms with Crippen LogP contribution in [0.3, 0.4) is 0 Å². The van der Waals surface area contributed by atoms with Gasteiger partial charge in [0.2, 0.25) is 5.78 Å². The van der Waals surface area contributed by atoms with E-state index in [1.54, 1.807) is 74.6 Å². The number of hydrogen-bond donors (Lipinski definition) is 1. The van der Waals surface area contributed by atoms with Gasteiger partial charge in [0.05, 0.1) is 11.1 Å². The standard InChI is InChI=1S/C29H24N2O5/c1-17(2)24(31-27(33)20-13-6-7-14-21(20)28(31)34)29(35)36-26(18-10-4-3-5-11-18)25(32)22-16-30-23-15-9-8-12-19(22)23/h3-17,24,26,30H,1-2H3/t24-,26-/m1/s1. The van der Waals surface area contributed by atoms with Crippen LogP contribution < -0.4 is 0 Å². The summed E-state index contributed by atoms with van der Waals surface area (Å²) in [6, 6.07) is 21.3. The summed E-state index contributed by atoms with van der Waals surface area (Å²) in [6.45, 7) is 3.46. The largest absolute Gasteiger partial charge is 0.447 e. The Kier molecular flexibility index (Phi) is 5.98. The quantitative estimate of drug-likeness (QED) is 0.229. The van der Waals surface area contributed by atoms with Gasteiger partial charge in [-0.3, -0.25) is 19.3 Å². The van der Waals surface area contributed by atoms with E-state index in [4.69, 9.17) is 4.74 Å². The Bertz CT molecular complexity index is 1450. The third kappa shape index (κ3) is 3.88. The number of para-hydroxylation sites is 1. The number of ether oxygens (including phenoxy) is 1. The van der Waals surface area contributed by atoms with E-state index in [1.807, 2.05) is 24.3 Å². The van der Waals surface area contributed by atoms with Crippen LogP contribution in [0.1, 0.15) is 56.6 Å². The van der Waals surface area contributed by atoms with Crippen molar-refractivity contribution in [3.63, 3.8) is 0 Å². The number of aromatic nitrogens is 1. The summed E-state index contributed by atoms with van der Waals surface area (Å²) in [7, 11) is 0. The van der Waals surface area contributed by atoms with E-state index in [9.17, 15) is 19.2 Å². The molecule has 1 aromatic heterocycles. The number of ketones is 1. The first-order chi connectivity index (χ1) is 17.4. The fourth-order valence-electron chi connectivity index (χ4n) is 4.64. The van der Waals surface area contributed by atoms with Gasteiger partial charge in [-0.2, -0.15) is 0 Å². The maximum Gasteiger partial charge on any atom is 0.330 e. The Balaban J connectivity index is 1.50. The highest BCUT2D eigenvalue weighted by molar-refractivity contribution is 6.22. The van der Waals surface area contributed by atoms with Crippen molar-refractivity contribution in [2.45, 2.75) is 26.0 Å². The van der Waals surface area contributed by atoms with E-state index in [1.165, 1.54) is 0 Å². The SMILES string of the molecule is CC(C)[C@H](C(=O)O[C@@H](C(=O)c1c[nH]c2ccccc12)c1ccccc1)N1C(=O)c2ccccc2C1=O. The average molecular weight is 481 g/mol. The maximum atomic E-state index is 13.7. The number of H-pyrrole nitrogens is 1. The Morgan fingerprint density at radius 2 is 1.39 bits per heavy atom. The first-order valence-corrected chi connectivity index (χ1v) is 11.7. The molecule has 0 radical (unpaired) electrons. The van der Waals surface area contributed by atoms with Gasteiger partial charge in [-0.05, 0) is 24.1 Å². The Labute approximate surface area is 207 Å². The number of esters is 1. The lowest BCUT2D eigenvalue weighted by Gasteiger charge is -2.29. The molecule has 7 nitrogen and oxygen atoms in total. The predicted molar refractivity (Wildman–Crippen MR) is 133 cm³/mol. The summed E-state index contributed by atoms with van der Waals surface area (Å²) < 4.78 is 5.85. The van der Waals surface area contributed by atoms with Gasteiger partial charge in [-0.1, -0.05) is 74.5 Å². The van der Waals surface area contributed by atoms with Crippen LogP contribution in [0.15, 0.2) is 85.1 Å². The van der Waals surface area contributed by atoms with E-state index in [-0.39, 0.29) is 11.1 Å². The number of imide groups is 1. The lowest BCUT2D eigenvalue weighted by Crippen LogP contribution is -2.49. The number of carbonyl (C=O) groups excluding carboxylic acids is 4. The lowest BCUT2D eigenvalue weighted by atomic mass is 9.98. The van der Waals surface area contributed by atoms with Crippen molar-refractivity contribution in [1.29, 1.82) is 0 Å². The van der Waals surface area contributed by atoms with Crippen LogP contribution >= 0.6 is 0 Å². The van der Waals surface area contributed by atoms with Crippen molar-refractivity contribution in [2.75, 3.05) is 0 Å². The molecule has 0 unspecified atom stereocenters. The van der Waals surface area contributed by atoms with Gasteiger partial charge in [0, 0.05) is 28.2 Å². The number of amides is 2. The Morgan fingerprint density at radius 3 is 2.03 bits per heavy atom. The topological polar surface area (TPSA) is 96.5 Å². The van der Waals surface area contributed by atoms with Crippen molar-refractivity contribution < 1.29 is 23.9 Å². The van der Waals surface area contributed by atoms with E-state index >= 15 is 0 Å². The molecule has 2 atom stereocenters. The fourth-order valence-corrected chi connectivity index (χ4v) is 4.64. The number of nitrogens with one attached hydrogen (secondary N) is 1. The zero-order chi connectivity index (χ0) is 25.4. The summed E-state index contributed by atoms with van der Waals surface area (Å²) >= 11 is 0. The van der Waals surface area contributed by atoms with E-state index in [2.05, 4.69) is 4.98 Å². The predicted octanol–water partition coefficient (Wildman–Crippen LogP) is 4.96. The second-order valence-corrected chi connectivity index (χ2v) is 9.05. The molecule has 0 bridgehead atoms. The first kappa shape index (κ1) is 23.2. The molecule has 0 spiro atoms. The number of fused-ring (bicyclic) bond motifs is 2. The molecule has 3 aromatic carbocycles. The summed E-state index contributed by atoms with van der Waals surface area (Å²) in [5, 5.41) is 0.709. The molecule has 0 saturated carbocycles. The van der Waals surface area contributed by atoms with Gasteiger partial charge in [0.25, 0.3) is 11.8 Å². The summed E-state index contributed by atoms with van der Waals surface area (Å²) in [5.41, 5.74) is 2.15. The number of rotatable bonds is 7. The van der Waals surface area contributed by atoms with Gasteiger partial charge in [-0.25, -0.2) is 4.79 Å². The number of aromatic amines is 1. The second kappa shape index (κ2) is 9.26. The van der Waals surface area contributed by atoms with Gasteiger partial charge in [-0.15, -0.1) is 0 Å². The molecule has 2 amide bonds. The maximum absolute atomic E-state index is 13.7. The molecule has 0 fully saturated rings. The molecule has 1 aliphatic rings. The van der Waals surface area contributed by atoms with Crippen LogP contribution in [0, 0.1) is 5.92 Å². The van der Waals surface area contributed by atoms with Gasteiger partial charge in [0.1, 0.15) is 6.04 Å². The number of benzene rings is 3. The molecule has 36 heavy (non-hydrogen) atoms. The van der Waals surface area contributed by atoms with Crippen molar-refractivity contribution >= 4 is 34.5 Å². The lowest BCUT2D eigenvalue weighted by molar-refractivity contribution is -0.153. The molecular weight excluding hydrogens is 456 g/mol. The van der Waals surface area contributed by atoms with Crippen LogP contribution in [-0.4, -0.2) is 39.5 Å². The molecular formula is C29H24N2O5. The highest BCUT2D eigenvalue weighted by Crippen LogP contribution is 2.31. The second-order valence-electron chi connectivity index (χ2n) is 9.05. The molecule has 5 rings (SSSR count). The first-order valence-electron chi connectivity index (χ1n) is 11.7. The molecule has 7 heteroatoms. The molecule has 1 aliphatic heterocycles. The van der Waals surface area contributed by atoms with E-state index in [0.717, 1.165) is 10.4 Å². The van der Waals surface area contributed by atoms with Crippen molar-refractivity contribution in [3.05, 3.63) is 107 Å². The molecule has 180 valence electrons. The molecule has 1 N–H and O–H groups in total. The smallest absolute Gasteiger partial charge is 0.330 e. The number of hydrogen-bond acceptors (Lipinski definition) is 5. The third-order valence-electron chi connectivity index (χ3n) is 6.41. The average Bonchev–Trinajstić information content (AvgIpc) is 3.43. The molecule has 2 heterocycles. The summed E-state index contributed by atoms with van der Waals surface area (Å²) in [4.78, 5) is 57.6.